The Bertz CT molecular complexity index is 1170. The van der Waals surface area contributed by atoms with Gasteiger partial charge in [0.2, 0.25) is 5.91 Å². The van der Waals surface area contributed by atoms with Crippen molar-refractivity contribution in [2.45, 2.75) is 12.8 Å². The van der Waals surface area contributed by atoms with Crippen LogP contribution in [-0.2, 0) is 4.79 Å². The maximum absolute atomic E-state index is 13.0. The lowest BCUT2D eigenvalue weighted by atomic mass is 9.96. The summed E-state index contributed by atoms with van der Waals surface area (Å²) in [7, 11) is 0. The van der Waals surface area contributed by atoms with Gasteiger partial charge in [-0.25, -0.2) is 19.6 Å². The van der Waals surface area contributed by atoms with Gasteiger partial charge in [0, 0.05) is 30.2 Å². The lowest BCUT2D eigenvalue weighted by Gasteiger charge is -2.33. The molecule has 150 valence electrons. The van der Waals surface area contributed by atoms with Crippen LogP contribution in [0.1, 0.15) is 12.8 Å². The van der Waals surface area contributed by atoms with Crippen molar-refractivity contribution in [2.75, 3.05) is 23.3 Å². The van der Waals surface area contributed by atoms with Gasteiger partial charge in [0.05, 0.1) is 5.92 Å². The molecule has 2 aromatic carbocycles. The number of piperidine rings is 1. The molecule has 5 rings (SSSR count). The third-order valence-electron chi connectivity index (χ3n) is 5.46. The second-order valence-electron chi connectivity index (χ2n) is 7.38. The minimum absolute atomic E-state index is 0.0432. The van der Waals surface area contributed by atoms with Crippen molar-refractivity contribution in [1.82, 2.24) is 24.7 Å². The highest BCUT2D eigenvalue weighted by Gasteiger charge is 2.27. The van der Waals surface area contributed by atoms with Crippen LogP contribution in [0.25, 0.3) is 16.6 Å². The summed E-state index contributed by atoms with van der Waals surface area (Å²) in [5.74, 6) is 1.38. The van der Waals surface area contributed by atoms with E-state index in [0.29, 0.717) is 12.4 Å². The zero-order valence-electron chi connectivity index (χ0n) is 16.3. The molecule has 1 saturated heterocycles. The van der Waals surface area contributed by atoms with Crippen LogP contribution < -0.4 is 10.2 Å². The van der Waals surface area contributed by atoms with E-state index in [9.17, 15) is 4.79 Å². The molecule has 1 unspecified atom stereocenters. The zero-order chi connectivity index (χ0) is 20.3. The molecule has 1 fully saturated rings. The second-order valence-corrected chi connectivity index (χ2v) is 7.38. The van der Waals surface area contributed by atoms with Gasteiger partial charge in [-0.2, -0.15) is 5.10 Å². The number of carbonyl (C=O) groups excluding carboxylic acids is 1. The van der Waals surface area contributed by atoms with Gasteiger partial charge in [-0.05, 0) is 24.3 Å². The van der Waals surface area contributed by atoms with Gasteiger partial charge < -0.3 is 10.2 Å². The summed E-state index contributed by atoms with van der Waals surface area (Å²) < 4.78 is 1.60. The van der Waals surface area contributed by atoms with Crippen molar-refractivity contribution in [3.63, 3.8) is 0 Å². The van der Waals surface area contributed by atoms with E-state index in [-0.39, 0.29) is 11.8 Å². The first-order chi connectivity index (χ1) is 14.8. The Morgan fingerprint density at radius 1 is 1.03 bits per heavy atom. The summed E-state index contributed by atoms with van der Waals surface area (Å²) in [6.45, 7) is 1.47. The number of hydrogen-bond donors (Lipinski definition) is 1. The number of anilines is 2. The van der Waals surface area contributed by atoms with Crippen LogP contribution in [0, 0.1) is 5.92 Å². The lowest BCUT2D eigenvalue weighted by molar-refractivity contribution is -0.120. The summed E-state index contributed by atoms with van der Waals surface area (Å²) in [4.78, 5) is 27.8. The van der Waals surface area contributed by atoms with Crippen LogP contribution in [0.4, 0.5) is 11.5 Å². The fourth-order valence-electron chi connectivity index (χ4n) is 3.93. The van der Waals surface area contributed by atoms with Crippen molar-refractivity contribution in [1.29, 1.82) is 0 Å². The number of nitrogens with one attached hydrogen (secondary N) is 1. The third kappa shape index (κ3) is 3.59. The Kier molecular flexibility index (Phi) is 4.80. The molecule has 30 heavy (non-hydrogen) atoms. The van der Waals surface area contributed by atoms with Crippen molar-refractivity contribution < 1.29 is 4.79 Å². The van der Waals surface area contributed by atoms with Gasteiger partial charge in [-0.15, -0.1) is 0 Å². The average Bonchev–Trinajstić information content (AvgIpc) is 3.35. The fraction of sp³-hybridized carbons (Fsp3) is 0.227. The Balaban J connectivity index is 1.33. The van der Waals surface area contributed by atoms with Crippen molar-refractivity contribution in [2.24, 2.45) is 5.92 Å². The van der Waals surface area contributed by atoms with Crippen LogP contribution in [0.5, 0.6) is 0 Å². The molecule has 1 aliphatic heterocycles. The maximum atomic E-state index is 13.0. The first-order valence-electron chi connectivity index (χ1n) is 9.98. The molecule has 1 aliphatic rings. The highest BCUT2D eigenvalue weighted by molar-refractivity contribution is 6.02. The SMILES string of the molecule is O=C(Nc1cccc2ccccc12)C1CCCN(c2cc(-n3cncn3)ncn2)C1. The maximum Gasteiger partial charge on any atom is 0.229 e. The number of rotatable bonds is 4. The highest BCUT2D eigenvalue weighted by atomic mass is 16.1. The van der Waals surface area contributed by atoms with Gasteiger partial charge in [-0.3, -0.25) is 4.79 Å². The molecule has 1 atom stereocenters. The Hall–Kier alpha value is -3.81. The van der Waals surface area contributed by atoms with E-state index in [1.54, 1.807) is 11.0 Å². The van der Waals surface area contributed by atoms with E-state index in [2.05, 4.69) is 42.4 Å². The number of aromatic nitrogens is 5. The van der Waals surface area contributed by atoms with Crippen LogP contribution in [0.2, 0.25) is 0 Å². The van der Waals surface area contributed by atoms with E-state index in [4.69, 9.17) is 0 Å². The van der Waals surface area contributed by atoms with Crippen LogP contribution in [0.15, 0.2) is 67.5 Å². The molecular formula is C22H21N7O. The van der Waals surface area contributed by atoms with Crippen LogP contribution in [0.3, 0.4) is 0 Å². The fourth-order valence-corrected chi connectivity index (χ4v) is 3.93. The number of fused-ring (bicyclic) bond motifs is 1. The van der Waals surface area contributed by atoms with E-state index in [0.717, 1.165) is 41.7 Å². The van der Waals surface area contributed by atoms with E-state index in [1.807, 2.05) is 36.4 Å². The molecule has 0 saturated carbocycles. The summed E-state index contributed by atoms with van der Waals surface area (Å²) in [6, 6.07) is 15.9. The topological polar surface area (TPSA) is 88.8 Å². The second kappa shape index (κ2) is 7.90. The minimum atomic E-state index is -0.109. The summed E-state index contributed by atoms with van der Waals surface area (Å²) in [6.07, 6.45) is 6.37. The molecule has 0 radical (unpaired) electrons. The molecule has 4 aromatic rings. The van der Waals surface area contributed by atoms with Gasteiger partial charge in [0.1, 0.15) is 24.8 Å². The summed E-state index contributed by atoms with van der Waals surface area (Å²) >= 11 is 0. The van der Waals surface area contributed by atoms with Crippen LogP contribution >= 0.6 is 0 Å². The smallest absolute Gasteiger partial charge is 0.229 e. The molecule has 8 heteroatoms. The summed E-state index contributed by atoms with van der Waals surface area (Å²) in [5, 5.41) is 9.42. The molecular weight excluding hydrogens is 378 g/mol. The molecule has 3 heterocycles. The number of benzene rings is 2. The molecule has 1 N–H and O–H groups in total. The van der Waals surface area contributed by atoms with Gasteiger partial charge >= 0.3 is 0 Å². The Morgan fingerprint density at radius 3 is 2.80 bits per heavy atom. The number of hydrogen-bond acceptors (Lipinski definition) is 6. The highest BCUT2D eigenvalue weighted by Crippen LogP contribution is 2.26. The first-order valence-corrected chi connectivity index (χ1v) is 9.98. The average molecular weight is 399 g/mol. The molecule has 0 spiro atoms. The predicted octanol–water partition coefficient (Wildman–Crippen LogP) is 3.07. The number of amides is 1. The summed E-state index contributed by atoms with van der Waals surface area (Å²) in [5.41, 5.74) is 0.853. The lowest BCUT2D eigenvalue weighted by Crippen LogP contribution is -2.41. The number of nitrogens with zero attached hydrogens (tertiary/aromatic N) is 6. The molecule has 8 nitrogen and oxygen atoms in total. The van der Waals surface area contributed by atoms with Crippen molar-refractivity contribution in [3.8, 4) is 5.82 Å². The monoisotopic (exact) mass is 399 g/mol. The molecule has 0 bridgehead atoms. The zero-order valence-corrected chi connectivity index (χ0v) is 16.3. The van der Waals surface area contributed by atoms with Gasteiger partial charge in [0.25, 0.3) is 0 Å². The third-order valence-corrected chi connectivity index (χ3v) is 5.46. The molecule has 2 aromatic heterocycles. The minimum Gasteiger partial charge on any atom is -0.356 e. The Morgan fingerprint density at radius 2 is 1.90 bits per heavy atom. The van der Waals surface area contributed by atoms with Crippen molar-refractivity contribution >= 4 is 28.2 Å². The Labute approximate surface area is 173 Å². The quantitative estimate of drug-likeness (QED) is 0.567. The first kappa shape index (κ1) is 18.2. The van der Waals surface area contributed by atoms with Crippen molar-refractivity contribution in [3.05, 3.63) is 67.5 Å². The van der Waals surface area contributed by atoms with E-state index < -0.39 is 0 Å². The normalized spacial score (nSPS) is 16.5. The van der Waals surface area contributed by atoms with Crippen LogP contribution in [-0.4, -0.2) is 43.7 Å². The number of carbonyl (C=O) groups is 1. The van der Waals surface area contributed by atoms with Gasteiger partial charge in [-0.1, -0.05) is 36.4 Å². The standard InChI is InChI=1S/C22H21N7O/c30-22(27-19-9-3-6-16-5-1-2-8-18(16)19)17-7-4-10-28(12-17)20-11-21(25-14-24-20)29-15-23-13-26-29/h1-3,5-6,8-9,11,13-15,17H,4,7,10,12H2,(H,27,30). The van der Waals surface area contributed by atoms with E-state index >= 15 is 0 Å². The predicted molar refractivity (Wildman–Crippen MR) is 114 cm³/mol. The van der Waals surface area contributed by atoms with E-state index in [1.165, 1.54) is 12.7 Å². The van der Waals surface area contributed by atoms with Gasteiger partial charge in [0.15, 0.2) is 5.82 Å². The molecule has 0 aliphatic carbocycles. The largest absolute Gasteiger partial charge is 0.356 e. The molecule has 1 amide bonds.